The molecule has 0 saturated carbocycles. The highest BCUT2D eigenvalue weighted by molar-refractivity contribution is 6.17. The number of aromatic nitrogens is 3. The van der Waals surface area contributed by atoms with Crippen LogP contribution in [0.1, 0.15) is 12.7 Å². The van der Waals surface area contributed by atoms with Gasteiger partial charge in [0.2, 0.25) is 5.88 Å². The Hall–Kier alpha value is -1.29. The molecule has 0 saturated heterocycles. The van der Waals surface area contributed by atoms with Gasteiger partial charge >= 0.3 is 0 Å². The molecule has 0 aromatic carbocycles. The van der Waals surface area contributed by atoms with E-state index in [4.69, 9.17) is 16.3 Å². The van der Waals surface area contributed by atoms with Crippen LogP contribution in [0.25, 0.3) is 11.2 Å². The minimum Gasteiger partial charge on any atom is -0.481 e. The first-order valence-corrected chi connectivity index (χ1v) is 5.79. The van der Waals surface area contributed by atoms with Gasteiger partial charge in [0.15, 0.2) is 5.65 Å². The molecule has 5 heteroatoms. The van der Waals surface area contributed by atoms with Crippen molar-refractivity contribution >= 4 is 22.8 Å². The predicted molar refractivity (Wildman–Crippen MR) is 64.2 cm³/mol. The first-order valence-electron chi connectivity index (χ1n) is 5.26. The number of methoxy groups -OCH3 is 1. The summed E-state index contributed by atoms with van der Waals surface area (Å²) < 4.78 is 7.18. The molecule has 2 heterocycles. The van der Waals surface area contributed by atoms with Crippen LogP contribution in [0.2, 0.25) is 0 Å². The Balaban J connectivity index is 2.58. The smallest absolute Gasteiger partial charge is 0.215 e. The summed E-state index contributed by atoms with van der Waals surface area (Å²) in [5.41, 5.74) is 1.75. The zero-order chi connectivity index (χ0) is 11.5. The van der Waals surface area contributed by atoms with E-state index < -0.39 is 0 Å². The van der Waals surface area contributed by atoms with E-state index in [0.717, 1.165) is 30.0 Å². The van der Waals surface area contributed by atoms with Gasteiger partial charge in [-0.15, -0.1) is 11.6 Å². The van der Waals surface area contributed by atoms with Crippen molar-refractivity contribution in [3.05, 3.63) is 18.0 Å². The molecule has 4 nitrogen and oxygen atoms in total. The summed E-state index contributed by atoms with van der Waals surface area (Å²) in [6, 6.07) is 3.74. The zero-order valence-corrected chi connectivity index (χ0v) is 10.2. The number of halogens is 1. The lowest BCUT2D eigenvalue weighted by Gasteiger charge is -2.04. The summed E-state index contributed by atoms with van der Waals surface area (Å²) in [5.74, 6) is 2.16. The van der Waals surface area contributed by atoms with Crippen LogP contribution in [0.4, 0.5) is 0 Å². The lowest BCUT2D eigenvalue weighted by molar-refractivity contribution is 0.399. The molecule has 16 heavy (non-hydrogen) atoms. The van der Waals surface area contributed by atoms with Crippen molar-refractivity contribution in [1.82, 2.24) is 14.5 Å². The molecule has 0 radical (unpaired) electrons. The van der Waals surface area contributed by atoms with Gasteiger partial charge in [0, 0.05) is 24.9 Å². The van der Waals surface area contributed by atoms with Crippen LogP contribution in [-0.2, 0) is 13.0 Å². The van der Waals surface area contributed by atoms with E-state index in [2.05, 4.69) is 21.5 Å². The molecule has 0 atom stereocenters. The van der Waals surface area contributed by atoms with Crippen LogP contribution in [0.5, 0.6) is 5.88 Å². The number of alkyl halides is 1. The Morgan fingerprint density at radius 2 is 2.19 bits per heavy atom. The van der Waals surface area contributed by atoms with Gasteiger partial charge in [-0.05, 0) is 13.0 Å². The summed E-state index contributed by atoms with van der Waals surface area (Å²) in [5, 5.41) is 0. The first-order chi connectivity index (χ1) is 7.80. The van der Waals surface area contributed by atoms with E-state index in [-0.39, 0.29) is 0 Å². The van der Waals surface area contributed by atoms with Crippen LogP contribution < -0.4 is 4.74 Å². The first kappa shape index (κ1) is 11.2. The van der Waals surface area contributed by atoms with Crippen LogP contribution in [0, 0.1) is 0 Å². The molecule has 0 fully saturated rings. The maximum absolute atomic E-state index is 5.75. The summed E-state index contributed by atoms with van der Waals surface area (Å²) in [4.78, 5) is 8.91. The highest BCUT2D eigenvalue weighted by Crippen LogP contribution is 2.18. The Kier molecular flexibility index (Phi) is 3.29. The van der Waals surface area contributed by atoms with Gasteiger partial charge in [0.05, 0.1) is 7.11 Å². The zero-order valence-electron chi connectivity index (χ0n) is 9.40. The second-order valence-corrected chi connectivity index (χ2v) is 3.79. The number of rotatable bonds is 4. The number of hydrogen-bond acceptors (Lipinski definition) is 3. The highest BCUT2D eigenvalue weighted by Gasteiger charge is 2.10. The Bertz CT molecular complexity index is 495. The van der Waals surface area contributed by atoms with Crippen molar-refractivity contribution in [1.29, 1.82) is 0 Å². The number of aryl methyl sites for hydroxylation is 2. The quantitative estimate of drug-likeness (QED) is 0.769. The molecule has 86 valence electrons. The molecular weight excluding hydrogens is 226 g/mol. The third kappa shape index (κ3) is 1.85. The third-order valence-corrected chi connectivity index (χ3v) is 2.68. The second kappa shape index (κ2) is 4.70. The van der Waals surface area contributed by atoms with Crippen LogP contribution >= 0.6 is 11.6 Å². The summed E-state index contributed by atoms with van der Waals surface area (Å²) in [6.07, 6.45) is 0.758. The molecule has 0 aliphatic carbocycles. The van der Waals surface area contributed by atoms with Gasteiger partial charge in [-0.3, -0.25) is 0 Å². The second-order valence-electron chi connectivity index (χ2n) is 3.41. The van der Waals surface area contributed by atoms with Gasteiger partial charge in [0.25, 0.3) is 0 Å². The molecule has 0 aliphatic heterocycles. The monoisotopic (exact) mass is 239 g/mol. The molecule has 0 spiro atoms. The average molecular weight is 240 g/mol. The maximum Gasteiger partial charge on any atom is 0.215 e. The van der Waals surface area contributed by atoms with Crippen molar-refractivity contribution in [2.75, 3.05) is 13.0 Å². The molecule has 0 amide bonds. The number of ether oxygens (including phenoxy) is 1. The van der Waals surface area contributed by atoms with Crippen molar-refractivity contribution in [2.45, 2.75) is 19.9 Å². The highest BCUT2D eigenvalue weighted by atomic mass is 35.5. The van der Waals surface area contributed by atoms with Gasteiger partial charge in [0.1, 0.15) is 11.3 Å². The van der Waals surface area contributed by atoms with E-state index in [1.165, 1.54) is 0 Å². The lowest BCUT2D eigenvalue weighted by Crippen LogP contribution is -2.03. The number of hydrogen-bond donors (Lipinski definition) is 0. The Morgan fingerprint density at radius 3 is 2.81 bits per heavy atom. The number of nitrogens with zero attached hydrogens (tertiary/aromatic N) is 3. The lowest BCUT2D eigenvalue weighted by atomic mass is 10.4. The van der Waals surface area contributed by atoms with E-state index in [1.54, 1.807) is 7.11 Å². The standard InChI is InChI=1S/C11H14ClN3O/c1-3-15-9(6-7-12)13-8-4-5-10(16-2)14-11(8)15/h4-5H,3,6-7H2,1-2H3. The number of fused-ring (bicyclic) bond motifs is 1. The van der Waals surface area contributed by atoms with Crippen molar-refractivity contribution < 1.29 is 4.74 Å². The summed E-state index contributed by atoms with van der Waals surface area (Å²) >= 11 is 5.75. The van der Waals surface area contributed by atoms with Gasteiger partial charge in [-0.1, -0.05) is 0 Å². The SMILES string of the molecule is CCn1c(CCCl)nc2ccc(OC)nc21. The molecular formula is C11H14ClN3O. The fourth-order valence-electron chi connectivity index (χ4n) is 1.75. The average Bonchev–Trinajstić information content (AvgIpc) is 2.65. The number of imidazole rings is 1. The largest absolute Gasteiger partial charge is 0.481 e. The molecule has 0 N–H and O–H groups in total. The van der Waals surface area contributed by atoms with Crippen LogP contribution in [-0.4, -0.2) is 27.5 Å². The van der Waals surface area contributed by atoms with E-state index in [9.17, 15) is 0 Å². The molecule has 2 aromatic rings. The van der Waals surface area contributed by atoms with E-state index in [0.29, 0.717) is 11.8 Å². The van der Waals surface area contributed by atoms with Crippen LogP contribution in [0.3, 0.4) is 0 Å². The fraction of sp³-hybridized carbons (Fsp3) is 0.455. The van der Waals surface area contributed by atoms with Crippen molar-refractivity contribution in [3.63, 3.8) is 0 Å². The van der Waals surface area contributed by atoms with Gasteiger partial charge in [-0.25, -0.2) is 4.98 Å². The van der Waals surface area contributed by atoms with Crippen molar-refractivity contribution in [3.8, 4) is 5.88 Å². The minimum atomic E-state index is 0.570. The van der Waals surface area contributed by atoms with Crippen molar-refractivity contribution in [2.24, 2.45) is 0 Å². The topological polar surface area (TPSA) is 39.9 Å². The molecule has 0 bridgehead atoms. The Morgan fingerprint density at radius 1 is 1.38 bits per heavy atom. The number of pyridine rings is 1. The third-order valence-electron chi connectivity index (χ3n) is 2.49. The Labute approximate surface area is 99.2 Å². The van der Waals surface area contributed by atoms with Gasteiger partial charge < -0.3 is 9.30 Å². The molecule has 0 aliphatic rings. The van der Waals surface area contributed by atoms with E-state index in [1.807, 2.05) is 12.1 Å². The molecule has 0 unspecified atom stereocenters. The van der Waals surface area contributed by atoms with Crippen LogP contribution in [0.15, 0.2) is 12.1 Å². The maximum atomic E-state index is 5.75. The fourth-order valence-corrected chi connectivity index (χ4v) is 1.92. The molecule has 2 rings (SSSR count). The summed E-state index contributed by atoms with van der Waals surface area (Å²) in [6.45, 7) is 2.91. The molecule has 2 aromatic heterocycles. The summed E-state index contributed by atoms with van der Waals surface area (Å²) in [7, 11) is 1.61. The minimum absolute atomic E-state index is 0.570. The van der Waals surface area contributed by atoms with E-state index >= 15 is 0 Å². The normalized spacial score (nSPS) is 10.9. The van der Waals surface area contributed by atoms with Gasteiger partial charge in [-0.2, -0.15) is 4.98 Å². The predicted octanol–water partition coefficient (Wildman–Crippen LogP) is 2.24.